The van der Waals surface area contributed by atoms with Crippen LogP contribution in [0.2, 0.25) is 0 Å². The van der Waals surface area contributed by atoms with Crippen LogP contribution in [-0.4, -0.2) is 24.3 Å². The number of carbonyl (C=O) groups is 1. The zero-order valence-electron chi connectivity index (χ0n) is 18.0. The fourth-order valence-corrected chi connectivity index (χ4v) is 5.79. The maximum Gasteiger partial charge on any atom is 0.303 e. The summed E-state index contributed by atoms with van der Waals surface area (Å²) in [4.78, 5) is 10.8. The Bertz CT molecular complexity index is 733. The van der Waals surface area contributed by atoms with Crippen LogP contribution in [0.4, 0.5) is 4.39 Å². The largest absolute Gasteiger partial charge is 0.490 e. The van der Waals surface area contributed by atoms with E-state index >= 15 is 4.39 Å². The molecule has 166 valence electrons. The summed E-state index contributed by atoms with van der Waals surface area (Å²) < 4.78 is 26.7. The third-order valence-electron chi connectivity index (χ3n) is 7.69. The van der Waals surface area contributed by atoms with Gasteiger partial charge in [-0.15, -0.1) is 0 Å². The Labute approximate surface area is 179 Å². The SMILES string of the molecule is O=C(O)CCC1CCC2(CC1)COc1c2ccc(OCCCC2CCCCC2)c1F. The van der Waals surface area contributed by atoms with Gasteiger partial charge in [0, 0.05) is 17.4 Å². The molecule has 2 aliphatic carbocycles. The smallest absolute Gasteiger partial charge is 0.303 e. The van der Waals surface area contributed by atoms with Gasteiger partial charge in [-0.25, -0.2) is 0 Å². The van der Waals surface area contributed by atoms with E-state index < -0.39 is 5.97 Å². The summed E-state index contributed by atoms with van der Waals surface area (Å²) in [7, 11) is 0. The quantitative estimate of drug-likeness (QED) is 0.507. The molecule has 1 spiro atoms. The number of halogens is 1. The lowest BCUT2D eigenvalue weighted by Crippen LogP contribution is -2.33. The summed E-state index contributed by atoms with van der Waals surface area (Å²) in [6.45, 7) is 1.08. The molecule has 1 aromatic rings. The van der Waals surface area contributed by atoms with Crippen molar-refractivity contribution in [2.45, 2.75) is 88.9 Å². The molecule has 1 heterocycles. The van der Waals surface area contributed by atoms with E-state index in [1.807, 2.05) is 6.07 Å². The first kappa shape index (κ1) is 21.5. The monoisotopic (exact) mass is 418 g/mol. The fraction of sp³-hybridized carbons (Fsp3) is 0.720. The molecule has 1 aromatic carbocycles. The van der Waals surface area contributed by atoms with Crippen molar-refractivity contribution >= 4 is 5.97 Å². The van der Waals surface area contributed by atoms with E-state index in [2.05, 4.69) is 0 Å². The second kappa shape index (κ2) is 9.57. The molecule has 0 aromatic heterocycles. The summed E-state index contributed by atoms with van der Waals surface area (Å²) in [5.41, 5.74) is 0.862. The molecular weight excluding hydrogens is 383 g/mol. The number of aliphatic carboxylic acids is 1. The number of fused-ring (bicyclic) bond motifs is 2. The Morgan fingerprint density at radius 2 is 1.83 bits per heavy atom. The molecule has 0 atom stereocenters. The first-order valence-electron chi connectivity index (χ1n) is 11.9. The number of carboxylic acid groups (broad SMARTS) is 1. The second-order valence-electron chi connectivity index (χ2n) is 9.69. The van der Waals surface area contributed by atoms with Crippen LogP contribution >= 0.6 is 0 Å². The molecule has 0 saturated heterocycles. The predicted molar refractivity (Wildman–Crippen MR) is 114 cm³/mol. The number of rotatable bonds is 8. The average molecular weight is 419 g/mol. The van der Waals surface area contributed by atoms with E-state index in [9.17, 15) is 4.79 Å². The van der Waals surface area contributed by atoms with Crippen LogP contribution < -0.4 is 9.47 Å². The maximum atomic E-state index is 15.1. The molecule has 0 amide bonds. The number of hydrogen-bond donors (Lipinski definition) is 1. The van der Waals surface area contributed by atoms with E-state index in [1.165, 1.54) is 38.5 Å². The van der Waals surface area contributed by atoms with Crippen LogP contribution in [0.5, 0.6) is 11.5 Å². The summed E-state index contributed by atoms with van der Waals surface area (Å²) in [6, 6.07) is 3.78. The third kappa shape index (κ3) is 4.76. The van der Waals surface area contributed by atoms with Gasteiger partial charge >= 0.3 is 5.97 Å². The summed E-state index contributed by atoms with van der Waals surface area (Å²) in [5, 5.41) is 8.91. The molecule has 4 rings (SSSR count). The first-order chi connectivity index (χ1) is 14.6. The molecule has 1 aliphatic heterocycles. The van der Waals surface area contributed by atoms with Crippen molar-refractivity contribution in [1.29, 1.82) is 0 Å². The highest BCUT2D eigenvalue weighted by Gasteiger charge is 2.45. The lowest BCUT2D eigenvalue weighted by molar-refractivity contribution is -0.137. The molecule has 0 unspecified atom stereocenters. The molecule has 0 radical (unpaired) electrons. The molecule has 1 N–H and O–H groups in total. The van der Waals surface area contributed by atoms with Gasteiger partial charge in [-0.1, -0.05) is 38.2 Å². The van der Waals surface area contributed by atoms with Gasteiger partial charge in [0.2, 0.25) is 5.82 Å². The number of benzene rings is 1. The van der Waals surface area contributed by atoms with Crippen molar-refractivity contribution in [2.24, 2.45) is 11.8 Å². The maximum absolute atomic E-state index is 15.1. The molecule has 0 bridgehead atoms. The molecular formula is C25H35FO4. The van der Waals surface area contributed by atoms with E-state index in [0.717, 1.165) is 50.0 Å². The van der Waals surface area contributed by atoms with Crippen molar-refractivity contribution in [3.05, 3.63) is 23.5 Å². The highest BCUT2D eigenvalue weighted by Crippen LogP contribution is 2.51. The molecule has 5 heteroatoms. The lowest BCUT2D eigenvalue weighted by Gasteiger charge is -2.36. The van der Waals surface area contributed by atoms with Gasteiger partial charge in [0.05, 0.1) is 13.2 Å². The predicted octanol–water partition coefficient (Wildman–Crippen LogP) is 6.25. The van der Waals surface area contributed by atoms with Gasteiger partial charge in [0.15, 0.2) is 11.5 Å². The molecule has 4 nitrogen and oxygen atoms in total. The topological polar surface area (TPSA) is 55.8 Å². The van der Waals surface area contributed by atoms with Crippen molar-refractivity contribution in [3.63, 3.8) is 0 Å². The van der Waals surface area contributed by atoms with Crippen molar-refractivity contribution in [3.8, 4) is 11.5 Å². The Balaban J connectivity index is 1.31. The molecule has 2 saturated carbocycles. The zero-order chi connectivity index (χ0) is 21.0. The highest BCUT2D eigenvalue weighted by atomic mass is 19.1. The van der Waals surface area contributed by atoms with Crippen molar-refractivity contribution in [1.82, 2.24) is 0 Å². The van der Waals surface area contributed by atoms with E-state index in [0.29, 0.717) is 30.6 Å². The number of hydrogen-bond acceptors (Lipinski definition) is 3. The van der Waals surface area contributed by atoms with Gasteiger partial charge in [-0.3, -0.25) is 4.79 Å². The number of carboxylic acids is 1. The minimum Gasteiger partial charge on any atom is -0.490 e. The number of ether oxygens (including phenoxy) is 2. The molecule has 2 fully saturated rings. The van der Waals surface area contributed by atoms with E-state index in [4.69, 9.17) is 14.6 Å². The Morgan fingerprint density at radius 3 is 2.57 bits per heavy atom. The Kier molecular flexibility index (Phi) is 6.84. The third-order valence-corrected chi connectivity index (χ3v) is 7.69. The van der Waals surface area contributed by atoms with Crippen LogP contribution in [0, 0.1) is 17.7 Å². The van der Waals surface area contributed by atoms with Gasteiger partial charge < -0.3 is 14.6 Å². The van der Waals surface area contributed by atoms with Gasteiger partial charge in [0.1, 0.15) is 0 Å². The Morgan fingerprint density at radius 1 is 1.10 bits per heavy atom. The minimum absolute atomic E-state index is 0.116. The van der Waals surface area contributed by atoms with Crippen LogP contribution in [0.1, 0.15) is 89.0 Å². The highest BCUT2D eigenvalue weighted by molar-refractivity contribution is 5.66. The normalized spacial score (nSPS) is 26.4. The van der Waals surface area contributed by atoms with Crippen LogP contribution in [0.15, 0.2) is 12.1 Å². The molecule has 3 aliphatic rings. The van der Waals surface area contributed by atoms with Gasteiger partial charge in [0.25, 0.3) is 0 Å². The minimum atomic E-state index is -0.724. The summed E-state index contributed by atoms with van der Waals surface area (Å²) >= 11 is 0. The zero-order valence-corrected chi connectivity index (χ0v) is 18.0. The molecule has 30 heavy (non-hydrogen) atoms. The van der Waals surface area contributed by atoms with Crippen molar-refractivity contribution in [2.75, 3.05) is 13.2 Å². The van der Waals surface area contributed by atoms with Crippen molar-refractivity contribution < 1.29 is 23.8 Å². The summed E-state index contributed by atoms with van der Waals surface area (Å²) in [6.07, 6.45) is 13.7. The van der Waals surface area contributed by atoms with Crippen LogP contribution in [-0.2, 0) is 10.2 Å². The van der Waals surface area contributed by atoms with E-state index in [-0.39, 0.29) is 17.7 Å². The van der Waals surface area contributed by atoms with Gasteiger partial charge in [-0.05, 0) is 62.8 Å². The fourth-order valence-electron chi connectivity index (χ4n) is 5.79. The van der Waals surface area contributed by atoms with Gasteiger partial charge in [-0.2, -0.15) is 4.39 Å². The Hall–Kier alpha value is -1.78. The van der Waals surface area contributed by atoms with Crippen LogP contribution in [0.25, 0.3) is 0 Å². The first-order valence-corrected chi connectivity index (χ1v) is 11.9. The summed E-state index contributed by atoms with van der Waals surface area (Å²) in [5.74, 6) is 0.884. The standard InChI is InChI=1S/C25H35FO4/c26-23-21(29-16-4-7-18-5-2-1-3-6-18)10-9-20-24(23)30-17-25(20)14-12-19(13-15-25)8-11-22(27)28/h9-10,18-19H,1-8,11-17H2,(H,27,28). The van der Waals surface area contributed by atoms with E-state index in [1.54, 1.807) is 6.07 Å². The average Bonchev–Trinajstić information content (AvgIpc) is 3.12. The second-order valence-corrected chi connectivity index (χ2v) is 9.69. The lowest BCUT2D eigenvalue weighted by atomic mass is 9.67. The van der Waals surface area contributed by atoms with Crippen LogP contribution in [0.3, 0.4) is 0 Å².